The van der Waals surface area contributed by atoms with Crippen molar-refractivity contribution in [3.63, 3.8) is 0 Å². The average molecular weight is 463 g/mol. The van der Waals surface area contributed by atoms with Gasteiger partial charge in [-0.15, -0.1) is 0 Å². The molecule has 9 heteroatoms. The molecule has 0 bridgehead atoms. The average Bonchev–Trinajstić information content (AvgIpc) is 3.07. The molecule has 0 saturated heterocycles. The Hall–Kier alpha value is -3.85. The number of carbonyl (C=O) groups excluding carboxylic acids is 1. The molecule has 4 rings (SSSR count). The first kappa shape index (κ1) is 22.3. The Morgan fingerprint density at radius 3 is 2.52 bits per heavy atom. The van der Waals surface area contributed by atoms with E-state index in [-0.39, 0.29) is 17.0 Å². The number of hydrogen-bond acceptors (Lipinski definition) is 7. The summed E-state index contributed by atoms with van der Waals surface area (Å²) in [6.45, 7) is 3.25. The van der Waals surface area contributed by atoms with Crippen LogP contribution in [-0.4, -0.2) is 29.4 Å². The van der Waals surface area contributed by atoms with E-state index in [1.807, 2.05) is 43.3 Å². The molecule has 168 valence electrons. The molecule has 0 fully saturated rings. The van der Waals surface area contributed by atoms with E-state index in [2.05, 4.69) is 4.99 Å². The van der Waals surface area contributed by atoms with Gasteiger partial charge in [0.1, 0.15) is 0 Å². The third-order valence-corrected chi connectivity index (χ3v) is 6.49. The van der Waals surface area contributed by atoms with E-state index in [1.54, 1.807) is 29.7 Å². The number of non-ortho nitro benzene ring substituents is 1. The Balaban J connectivity index is 1.92. The number of rotatable bonds is 5. The summed E-state index contributed by atoms with van der Waals surface area (Å²) in [7, 11) is 3.88. The van der Waals surface area contributed by atoms with Crippen LogP contribution in [0.4, 0.5) is 11.4 Å². The third-order valence-electron chi connectivity index (χ3n) is 5.50. The van der Waals surface area contributed by atoms with Crippen molar-refractivity contribution in [1.82, 2.24) is 4.57 Å². The van der Waals surface area contributed by atoms with Crippen molar-refractivity contribution < 1.29 is 9.72 Å². The fraction of sp³-hybridized carbons (Fsp3) is 0.208. The molecule has 0 unspecified atom stereocenters. The number of nitro benzene ring substituents is 1. The summed E-state index contributed by atoms with van der Waals surface area (Å²) in [6.07, 6.45) is 1.62. The Kier molecular flexibility index (Phi) is 5.82. The van der Waals surface area contributed by atoms with Gasteiger partial charge in [-0.05, 0) is 43.2 Å². The molecule has 33 heavy (non-hydrogen) atoms. The Morgan fingerprint density at radius 1 is 1.21 bits per heavy atom. The van der Waals surface area contributed by atoms with Gasteiger partial charge < -0.3 is 4.90 Å². The van der Waals surface area contributed by atoms with Crippen LogP contribution < -0.4 is 19.8 Å². The molecule has 2 aromatic carbocycles. The summed E-state index contributed by atoms with van der Waals surface area (Å²) < 4.78 is 1.93. The maximum atomic E-state index is 13.5. The molecule has 0 radical (unpaired) electrons. The SMILES string of the molecule is CC(=O)C1=C(C)N=c2s/c(=C/c3cccc([N+](=O)[O-])c3)c(=O)n2[C@@H]1c1ccc(N(C)C)cc1. The van der Waals surface area contributed by atoms with E-state index >= 15 is 0 Å². The van der Waals surface area contributed by atoms with Crippen molar-refractivity contribution in [2.75, 3.05) is 19.0 Å². The number of carbonyl (C=O) groups is 1. The second kappa shape index (κ2) is 8.59. The molecule has 0 aliphatic carbocycles. The second-order valence-corrected chi connectivity index (χ2v) is 8.99. The molecule has 1 aliphatic rings. The highest BCUT2D eigenvalue weighted by atomic mass is 32.1. The zero-order chi connectivity index (χ0) is 23.9. The standard InChI is InChI=1S/C24H22N4O4S/c1-14-21(15(2)29)22(17-8-10-18(11-9-17)26(3)4)27-23(30)20(33-24(27)25-14)13-16-6-5-7-19(12-16)28(31)32/h5-13,22H,1-4H3/b20-13+/t22-/m1/s1. The van der Waals surface area contributed by atoms with Gasteiger partial charge in [-0.1, -0.05) is 35.6 Å². The van der Waals surface area contributed by atoms with Crippen molar-refractivity contribution >= 4 is 34.6 Å². The summed E-state index contributed by atoms with van der Waals surface area (Å²) in [5.74, 6) is -0.147. The minimum absolute atomic E-state index is 0.0508. The van der Waals surface area contributed by atoms with Gasteiger partial charge in [-0.3, -0.25) is 24.3 Å². The fourth-order valence-electron chi connectivity index (χ4n) is 3.92. The lowest BCUT2D eigenvalue weighted by Gasteiger charge is -2.25. The lowest BCUT2D eigenvalue weighted by Crippen LogP contribution is -2.39. The zero-order valence-electron chi connectivity index (χ0n) is 18.6. The van der Waals surface area contributed by atoms with Crippen molar-refractivity contribution in [3.05, 3.63) is 101 Å². The molecular formula is C24H22N4O4S. The highest BCUT2D eigenvalue weighted by Crippen LogP contribution is 2.31. The summed E-state index contributed by atoms with van der Waals surface area (Å²) in [5.41, 5.74) is 3.06. The lowest BCUT2D eigenvalue weighted by atomic mass is 9.93. The van der Waals surface area contributed by atoms with Crippen LogP contribution in [0, 0.1) is 10.1 Å². The Labute approximate surface area is 193 Å². The van der Waals surface area contributed by atoms with Crippen LogP contribution in [0.3, 0.4) is 0 Å². The van der Waals surface area contributed by atoms with Crippen LogP contribution in [0.1, 0.15) is 31.0 Å². The van der Waals surface area contributed by atoms with Crippen molar-refractivity contribution in [2.45, 2.75) is 19.9 Å². The van der Waals surface area contributed by atoms with Gasteiger partial charge in [0, 0.05) is 43.2 Å². The van der Waals surface area contributed by atoms with Crippen molar-refractivity contribution in [1.29, 1.82) is 0 Å². The van der Waals surface area contributed by atoms with Gasteiger partial charge in [0.15, 0.2) is 10.6 Å². The van der Waals surface area contributed by atoms with Gasteiger partial charge >= 0.3 is 0 Å². The van der Waals surface area contributed by atoms with Gasteiger partial charge in [-0.25, -0.2) is 4.99 Å². The number of nitrogens with zero attached hydrogens (tertiary/aromatic N) is 4. The molecule has 1 atom stereocenters. The first-order chi connectivity index (χ1) is 15.7. The maximum absolute atomic E-state index is 13.5. The number of hydrogen-bond donors (Lipinski definition) is 0. The van der Waals surface area contributed by atoms with Crippen LogP contribution in [0.2, 0.25) is 0 Å². The highest BCUT2D eigenvalue weighted by Gasteiger charge is 2.30. The molecule has 2 heterocycles. The van der Waals surface area contributed by atoms with Crippen LogP contribution in [0.5, 0.6) is 0 Å². The molecule has 3 aromatic rings. The largest absolute Gasteiger partial charge is 0.378 e. The zero-order valence-corrected chi connectivity index (χ0v) is 19.4. The Bertz CT molecular complexity index is 1480. The topological polar surface area (TPSA) is 97.8 Å². The summed E-state index contributed by atoms with van der Waals surface area (Å²) in [6, 6.07) is 13.2. The molecule has 0 saturated carbocycles. The molecule has 1 aromatic heterocycles. The molecule has 0 N–H and O–H groups in total. The number of benzene rings is 2. The van der Waals surface area contributed by atoms with Gasteiger partial charge in [0.2, 0.25) is 0 Å². The normalized spacial score (nSPS) is 15.8. The molecular weight excluding hydrogens is 440 g/mol. The molecule has 0 spiro atoms. The van der Waals surface area contributed by atoms with Crippen LogP contribution in [0.15, 0.2) is 69.6 Å². The van der Waals surface area contributed by atoms with Gasteiger partial charge in [0.25, 0.3) is 11.2 Å². The lowest BCUT2D eigenvalue weighted by molar-refractivity contribution is -0.384. The number of nitro groups is 1. The van der Waals surface area contributed by atoms with E-state index < -0.39 is 11.0 Å². The quantitative estimate of drug-likeness (QED) is 0.429. The number of thiazole rings is 1. The molecule has 1 aliphatic heterocycles. The number of allylic oxidation sites excluding steroid dienone is 2. The number of Topliss-reactive ketones (excluding diaryl/α,β-unsaturated/α-hetero) is 1. The number of anilines is 1. The van der Waals surface area contributed by atoms with E-state index in [1.165, 1.54) is 30.4 Å². The van der Waals surface area contributed by atoms with Crippen molar-refractivity contribution in [2.24, 2.45) is 4.99 Å². The van der Waals surface area contributed by atoms with E-state index in [9.17, 15) is 19.7 Å². The van der Waals surface area contributed by atoms with Gasteiger partial charge in [-0.2, -0.15) is 0 Å². The highest BCUT2D eigenvalue weighted by molar-refractivity contribution is 7.07. The third kappa shape index (κ3) is 4.14. The minimum Gasteiger partial charge on any atom is -0.378 e. The second-order valence-electron chi connectivity index (χ2n) is 7.98. The number of aromatic nitrogens is 1. The van der Waals surface area contributed by atoms with Crippen molar-refractivity contribution in [3.8, 4) is 0 Å². The number of fused-ring (bicyclic) bond motifs is 1. The van der Waals surface area contributed by atoms with Crippen LogP contribution in [-0.2, 0) is 4.79 Å². The fourth-order valence-corrected chi connectivity index (χ4v) is 4.97. The monoisotopic (exact) mass is 462 g/mol. The predicted molar refractivity (Wildman–Crippen MR) is 128 cm³/mol. The number of ketones is 1. The minimum atomic E-state index is -0.595. The van der Waals surface area contributed by atoms with E-state index in [0.717, 1.165) is 11.3 Å². The van der Waals surface area contributed by atoms with Crippen LogP contribution >= 0.6 is 11.3 Å². The first-order valence-corrected chi connectivity index (χ1v) is 11.0. The summed E-state index contributed by atoms with van der Waals surface area (Å²) in [5, 5.41) is 11.1. The van der Waals surface area contributed by atoms with Crippen LogP contribution in [0.25, 0.3) is 6.08 Å². The summed E-state index contributed by atoms with van der Waals surface area (Å²) >= 11 is 1.20. The maximum Gasteiger partial charge on any atom is 0.271 e. The molecule has 0 amide bonds. The first-order valence-electron chi connectivity index (χ1n) is 10.2. The summed E-state index contributed by atoms with van der Waals surface area (Å²) in [4.78, 5) is 43.7. The predicted octanol–water partition coefficient (Wildman–Crippen LogP) is 2.80. The van der Waals surface area contributed by atoms with E-state index in [0.29, 0.717) is 26.2 Å². The Morgan fingerprint density at radius 2 is 1.91 bits per heavy atom. The molecule has 8 nitrogen and oxygen atoms in total. The van der Waals surface area contributed by atoms with E-state index in [4.69, 9.17) is 0 Å². The van der Waals surface area contributed by atoms with Gasteiger partial charge in [0.05, 0.1) is 15.5 Å². The smallest absolute Gasteiger partial charge is 0.271 e.